The average molecular weight is 616 g/mol. The van der Waals surface area contributed by atoms with Gasteiger partial charge in [-0.2, -0.15) is 8.42 Å². The lowest BCUT2D eigenvalue weighted by Crippen LogP contribution is -2.14. The zero-order valence-electron chi connectivity index (χ0n) is 15.0. The van der Waals surface area contributed by atoms with Gasteiger partial charge in [-0.05, 0) is 94.3 Å². The van der Waals surface area contributed by atoms with Crippen LogP contribution < -0.4 is 4.74 Å². The van der Waals surface area contributed by atoms with E-state index in [-0.39, 0.29) is 27.9 Å². The second-order valence-corrected chi connectivity index (χ2v) is 10.1. The normalized spacial score (nSPS) is 11.7. The Morgan fingerprint density at radius 3 is 2.22 bits per heavy atom. The maximum atomic E-state index is 12.7. The van der Waals surface area contributed by atoms with Crippen molar-refractivity contribution in [2.45, 2.75) is 38.5 Å². The summed E-state index contributed by atoms with van der Waals surface area (Å²) < 4.78 is 39.6. The largest absolute Gasteiger partial charge is 0.503 e. The summed E-state index contributed by atoms with van der Waals surface area (Å²) in [5.74, 6) is -1.02. The molecule has 0 fully saturated rings. The minimum Gasteiger partial charge on any atom is -0.503 e. The van der Waals surface area contributed by atoms with Gasteiger partial charge in [-0.15, -0.1) is 0 Å². The Morgan fingerprint density at radius 2 is 1.70 bits per heavy atom. The van der Waals surface area contributed by atoms with Gasteiger partial charge in [0.2, 0.25) is 0 Å². The van der Waals surface area contributed by atoms with E-state index >= 15 is 0 Å². The van der Waals surface area contributed by atoms with E-state index in [1.165, 1.54) is 12.1 Å². The fourth-order valence-corrected chi connectivity index (χ4v) is 5.17. The molecule has 0 heterocycles. The Kier molecular flexibility index (Phi) is 6.80. The van der Waals surface area contributed by atoms with E-state index in [1.54, 1.807) is 33.8 Å². The van der Waals surface area contributed by atoms with E-state index < -0.39 is 16.1 Å². The summed E-state index contributed by atoms with van der Waals surface area (Å²) in [5, 5.41) is 10.3. The van der Waals surface area contributed by atoms with Crippen LogP contribution in [0.1, 0.15) is 46.8 Å². The van der Waals surface area contributed by atoms with Crippen molar-refractivity contribution in [1.29, 1.82) is 0 Å². The van der Waals surface area contributed by atoms with Crippen molar-refractivity contribution in [3.05, 3.63) is 47.6 Å². The Labute approximate surface area is 185 Å². The number of rotatable bonds is 4. The first-order valence-electron chi connectivity index (χ1n) is 7.86. The van der Waals surface area contributed by atoms with E-state index in [0.29, 0.717) is 20.3 Å². The molecule has 146 valence electrons. The van der Waals surface area contributed by atoms with Crippen LogP contribution in [0.15, 0.2) is 23.1 Å². The van der Waals surface area contributed by atoms with Crippen LogP contribution in [0, 0.1) is 21.0 Å². The number of halogens is 2. The molecule has 0 unspecified atom stereocenters. The number of phenols is 1. The van der Waals surface area contributed by atoms with Crippen LogP contribution in [-0.4, -0.2) is 24.0 Å². The average Bonchev–Trinajstić information content (AvgIpc) is 2.55. The van der Waals surface area contributed by atoms with Gasteiger partial charge in [0.1, 0.15) is 0 Å². The number of carbonyl (C=O) groups excluding carboxylic acids is 1. The minimum atomic E-state index is -4.42. The third-order valence-corrected chi connectivity index (χ3v) is 6.92. The highest BCUT2D eigenvalue weighted by Gasteiger charge is 2.24. The van der Waals surface area contributed by atoms with Crippen molar-refractivity contribution < 1.29 is 27.6 Å². The molecule has 0 bridgehead atoms. The second-order valence-electron chi connectivity index (χ2n) is 6.37. The minimum absolute atomic E-state index is 0.0700. The number of phenolic OH excluding ortho intramolecular Hbond substituents is 1. The molecule has 2 rings (SSSR count). The molecule has 6 nitrogen and oxygen atoms in total. The Morgan fingerprint density at radius 1 is 1.11 bits per heavy atom. The molecule has 0 atom stereocenters. The molecule has 0 amide bonds. The van der Waals surface area contributed by atoms with Crippen LogP contribution in [0.5, 0.6) is 11.5 Å². The standard InChI is InChI=1S/C18H18I2O6S/c1-8(2)11-6-12(9(3)5-15(11)27(23,24)25)18(22)26-17-10(4)13(19)7-14(20)16(17)21/h5-8,21H,1-4H3,(H,23,24,25). The van der Waals surface area contributed by atoms with Gasteiger partial charge in [0.25, 0.3) is 10.1 Å². The summed E-state index contributed by atoms with van der Waals surface area (Å²) in [6.45, 7) is 6.80. The molecule has 27 heavy (non-hydrogen) atoms. The highest BCUT2D eigenvalue weighted by Crippen LogP contribution is 2.38. The molecule has 0 radical (unpaired) electrons. The summed E-state index contributed by atoms with van der Waals surface area (Å²) in [7, 11) is -4.42. The number of hydrogen-bond acceptors (Lipinski definition) is 5. The number of aryl methyl sites for hydroxylation is 1. The van der Waals surface area contributed by atoms with Gasteiger partial charge in [0.15, 0.2) is 11.5 Å². The summed E-state index contributed by atoms with van der Waals surface area (Å²) >= 11 is 4.03. The number of hydrogen-bond donors (Lipinski definition) is 2. The van der Waals surface area contributed by atoms with E-state index in [4.69, 9.17) is 4.74 Å². The van der Waals surface area contributed by atoms with Gasteiger partial charge in [0.05, 0.1) is 14.0 Å². The third kappa shape index (κ3) is 4.74. The second kappa shape index (κ2) is 8.21. The molecule has 2 aromatic rings. The first-order chi connectivity index (χ1) is 12.3. The lowest BCUT2D eigenvalue weighted by atomic mass is 9.97. The van der Waals surface area contributed by atoms with Crippen LogP contribution in [0.25, 0.3) is 0 Å². The molecule has 0 saturated carbocycles. The number of benzene rings is 2. The Balaban J connectivity index is 2.57. The summed E-state index contributed by atoms with van der Waals surface area (Å²) in [5.41, 5.74) is 1.44. The quantitative estimate of drug-likeness (QED) is 0.222. The highest BCUT2D eigenvalue weighted by molar-refractivity contribution is 14.1. The van der Waals surface area contributed by atoms with E-state index in [9.17, 15) is 22.9 Å². The summed E-state index contributed by atoms with van der Waals surface area (Å²) in [6, 6.07) is 4.44. The molecule has 0 aliphatic carbocycles. The maximum absolute atomic E-state index is 12.7. The van der Waals surface area contributed by atoms with E-state index in [0.717, 1.165) is 3.57 Å². The smallest absolute Gasteiger partial charge is 0.343 e. The van der Waals surface area contributed by atoms with Crippen LogP contribution in [0.2, 0.25) is 0 Å². The highest BCUT2D eigenvalue weighted by atomic mass is 127. The zero-order valence-corrected chi connectivity index (χ0v) is 20.1. The lowest BCUT2D eigenvalue weighted by molar-refractivity contribution is 0.0727. The predicted octanol–water partition coefficient (Wildman–Crippen LogP) is 4.81. The molecule has 0 aliphatic heterocycles. The zero-order chi connectivity index (χ0) is 20.7. The molecule has 0 aliphatic rings. The van der Waals surface area contributed by atoms with Crippen LogP contribution in [0.3, 0.4) is 0 Å². The SMILES string of the molecule is Cc1cc(S(=O)(=O)O)c(C(C)C)cc1C(=O)Oc1c(C)c(I)cc(I)c1O. The Hall–Kier alpha value is -0.920. The van der Waals surface area contributed by atoms with E-state index in [2.05, 4.69) is 22.6 Å². The monoisotopic (exact) mass is 616 g/mol. The first kappa shape index (κ1) is 22.4. The van der Waals surface area contributed by atoms with Crippen molar-refractivity contribution >= 4 is 61.3 Å². The molecule has 0 saturated heterocycles. The van der Waals surface area contributed by atoms with Gasteiger partial charge < -0.3 is 9.84 Å². The fourth-order valence-electron chi connectivity index (χ4n) is 2.55. The number of aromatic hydroxyl groups is 1. The Bertz CT molecular complexity index is 1000. The van der Waals surface area contributed by atoms with Gasteiger partial charge >= 0.3 is 5.97 Å². The van der Waals surface area contributed by atoms with Crippen LogP contribution in [0.4, 0.5) is 0 Å². The first-order valence-corrected chi connectivity index (χ1v) is 11.5. The maximum Gasteiger partial charge on any atom is 0.343 e. The van der Waals surface area contributed by atoms with Crippen molar-refractivity contribution in [2.75, 3.05) is 0 Å². The number of esters is 1. The van der Waals surface area contributed by atoms with Gasteiger partial charge in [-0.3, -0.25) is 4.55 Å². The number of ether oxygens (including phenoxy) is 1. The van der Waals surface area contributed by atoms with Crippen molar-refractivity contribution in [3.8, 4) is 11.5 Å². The fraction of sp³-hybridized carbons (Fsp3) is 0.278. The van der Waals surface area contributed by atoms with Crippen molar-refractivity contribution in [2.24, 2.45) is 0 Å². The number of carbonyl (C=O) groups is 1. The van der Waals surface area contributed by atoms with Gasteiger partial charge in [0, 0.05) is 9.13 Å². The van der Waals surface area contributed by atoms with Crippen LogP contribution in [-0.2, 0) is 10.1 Å². The molecule has 2 aromatic carbocycles. The van der Waals surface area contributed by atoms with E-state index in [1.807, 2.05) is 22.6 Å². The predicted molar refractivity (Wildman–Crippen MR) is 118 cm³/mol. The molecule has 9 heteroatoms. The van der Waals surface area contributed by atoms with Crippen molar-refractivity contribution in [1.82, 2.24) is 0 Å². The summed E-state index contributed by atoms with van der Waals surface area (Å²) in [4.78, 5) is 12.5. The molecule has 2 N–H and O–H groups in total. The molecular weight excluding hydrogens is 598 g/mol. The lowest BCUT2D eigenvalue weighted by Gasteiger charge is -2.16. The third-order valence-electron chi connectivity index (χ3n) is 4.06. The topological polar surface area (TPSA) is 101 Å². The molecule has 0 aromatic heterocycles. The van der Waals surface area contributed by atoms with Gasteiger partial charge in [-0.1, -0.05) is 13.8 Å². The van der Waals surface area contributed by atoms with Gasteiger partial charge in [-0.25, -0.2) is 4.79 Å². The molecule has 0 spiro atoms. The summed E-state index contributed by atoms with van der Waals surface area (Å²) in [6.07, 6.45) is 0. The van der Waals surface area contributed by atoms with Crippen LogP contribution >= 0.6 is 45.2 Å². The molecular formula is C18H18I2O6S. The van der Waals surface area contributed by atoms with Crippen molar-refractivity contribution in [3.63, 3.8) is 0 Å².